The molecule has 0 aliphatic heterocycles. The summed E-state index contributed by atoms with van der Waals surface area (Å²) < 4.78 is 9.67. The lowest BCUT2D eigenvalue weighted by atomic mass is 10.1. The number of nitrogens with zero attached hydrogens (tertiary/aromatic N) is 3. The van der Waals surface area contributed by atoms with Crippen LogP contribution in [-0.2, 0) is 9.53 Å². The number of carbonyl (C=O) groups is 1. The molecule has 132 valence electrons. The molecule has 1 aliphatic rings. The van der Waals surface area contributed by atoms with Gasteiger partial charge in [-0.2, -0.15) is 0 Å². The van der Waals surface area contributed by atoms with Crippen LogP contribution in [0.3, 0.4) is 0 Å². The highest BCUT2D eigenvalue weighted by molar-refractivity contribution is 6.53. The zero-order valence-electron chi connectivity index (χ0n) is 13.2. The first-order chi connectivity index (χ1) is 11.6. The lowest BCUT2D eigenvalue weighted by Crippen LogP contribution is -2.22. The van der Waals surface area contributed by atoms with E-state index in [1.807, 2.05) is 0 Å². The highest BCUT2D eigenvalue weighted by atomic mass is 35.5. The molecule has 0 amide bonds. The fourth-order valence-corrected chi connectivity index (χ4v) is 2.89. The molecule has 0 saturated heterocycles. The van der Waals surface area contributed by atoms with Crippen LogP contribution in [0.1, 0.15) is 32.3 Å². The highest BCUT2D eigenvalue weighted by Crippen LogP contribution is 2.64. The van der Waals surface area contributed by atoms with Crippen molar-refractivity contribution in [3.63, 3.8) is 0 Å². The molecule has 1 saturated carbocycles. The number of halogens is 2. The maximum Gasteiger partial charge on any atom is 0.315 e. The first-order valence-corrected chi connectivity index (χ1v) is 8.07. The van der Waals surface area contributed by atoms with Crippen LogP contribution in [-0.4, -0.2) is 25.4 Å². The van der Waals surface area contributed by atoms with Gasteiger partial charge in [-0.3, -0.25) is 14.9 Å². The van der Waals surface area contributed by atoms with E-state index in [4.69, 9.17) is 32.4 Å². The van der Waals surface area contributed by atoms with Gasteiger partial charge in [0.25, 0.3) is 11.6 Å². The lowest BCUT2D eigenvalue weighted by Gasteiger charge is -2.14. The Morgan fingerprint density at radius 2 is 1.96 bits per heavy atom. The van der Waals surface area contributed by atoms with Crippen LogP contribution in [0.5, 0.6) is 0 Å². The lowest BCUT2D eigenvalue weighted by molar-refractivity contribution is -0.384. The molecule has 1 aromatic carbocycles. The summed E-state index contributed by atoms with van der Waals surface area (Å²) in [5.41, 5.74) is -0.488. The summed E-state index contributed by atoms with van der Waals surface area (Å²) in [6, 6.07) is 5.65. The van der Waals surface area contributed by atoms with Gasteiger partial charge in [-0.25, -0.2) is 0 Å². The standard InChI is InChI=1S/C15H13Cl2N3O5/c1-8(24-13(21)14(2)7-15(14,16)17)11-18-19-12(25-11)9-3-5-10(6-4-9)20(22)23/h3-6,8H,7H2,1-2H3/t8-,14+/m1/s1. The first kappa shape index (κ1) is 17.6. The zero-order valence-corrected chi connectivity index (χ0v) is 14.7. The minimum atomic E-state index is -1.12. The van der Waals surface area contributed by atoms with E-state index in [-0.39, 0.29) is 17.5 Å². The van der Waals surface area contributed by atoms with Crippen molar-refractivity contribution in [2.45, 2.75) is 30.7 Å². The van der Waals surface area contributed by atoms with Gasteiger partial charge in [0.15, 0.2) is 6.10 Å². The predicted octanol–water partition coefficient (Wildman–Crippen LogP) is 3.83. The van der Waals surface area contributed by atoms with Crippen LogP contribution in [0.15, 0.2) is 28.7 Å². The molecule has 0 N–H and O–H groups in total. The molecule has 2 aromatic rings. The van der Waals surface area contributed by atoms with Crippen molar-refractivity contribution in [2.24, 2.45) is 5.41 Å². The van der Waals surface area contributed by atoms with Gasteiger partial charge in [-0.05, 0) is 26.0 Å². The second-order valence-corrected chi connectivity index (χ2v) is 7.49. The number of ether oxygens (including phenoxy) is 1. The summed E-state index contributed by atoms with van der Waals surface area (Å²) in [5, 5.41) is 18.4. The van der Waals surface area contributed by atoms with E-state index in [1.54, 1.807) is 13.8 Å². The van der Waals surface area contributed by atoms with Crippen LogP contribution in [0.2, 0.25) is 0 Å². The second kappa shape index (κ2) is 5.96. The molecular formula is C15H13Cl2N3O5. The summed E-state index contributed by atoms with van der Waals surface area (Å²) in [6.07, 6.45) is -0.472. The van der Waals surface area contributed by atoms with E-state index in [1.165, 1.54) is 24.3 Å². The van der Waals surface area contributed by atoms with Gasteiger partial charge in [0.05, 0.1) is 4.92 Å². The van der Waals surface area contributed by atoms with Crippen molar-refractivity contribution in [1.29, 1.82) is 0 Å². The number of non-ortho nitro benzene ring substituents is 1. The first-order valence-electron chi connectivity index (χ1n) is 7.31. The summed E-state index contributed by atoms with van der Waals surface area (Å²) in [7, 11) is 0. The summed E-state index contributed by atoms with van der Waals surface area (Å²) in [5.74, 6) is -0.282. The smallest absolute Gasteiger partial charge is 0.315 e. The van der Waals surface area contributed by atoms with Crippen LogP contribution in [0, 0.1) is 15.5 Å². The van der Waals surface area contributed by atoms with E-state index in [0.29, 0.717) is 12.0 Å². The van der Waals surface area contributed by atoms with Gasteiger partial charge in [-0.1, -0.05) is 0 Å². The third kappa shape index (κ3) is 3.19. The normalized spacial score (nSPS) is 22.2. The van der Waals surface area contributed by atoms with Crippen LogP contribution < -0.4 is 0 Å². The molecule has 1 aliphatic carbocycles. The molecule has 1 heterocycles. The monoisotopic (exact) mass is 385 g/mol. The molecule has 0 unspecified atom stereocenters. The third-order valence-electron chi connectivity index (χ3n) is 4.11. The summed E-state index contributed by atoms with van der Waals surface area (Å²) in [6.45, 7) is 3.21. The van der Waals surface area contributed by atoms with Crippen molar-refractivity contribution < 1.29 is 18.9 Å². The van der Waals surface area contributed by atoms with E-state index in [9.17, 15) is 14.9 Å². The number of esters is 1. The Morgan fingerprint density at radius 1 is 1.36 bits per heavy atom. The fraction of sp³-hybridized carbons (Fsp3) is 0.400. The molecular weight excluding hydrogens is 373 g/mol. The number of nitro groups is 1. The number of nitro benzene ring substituents is 1. The largest absolute Gasteiger partial charge is 0.452 e. The third-order valence-corrected chi connectivity index (χ3v) is 5.21. The Bertz CT molecular complexity index is 836. The molecule has 3 rings (SSSR count). The molecule has 25 heavy (non-hydrogen) atoms. The van der Waals surface area contributed by atoms with Crippen LogP contribution in [0.4, 0.5) is 5.69 Å². The number of carbonyl (C=O) groups excluding carboxylic acids is 1. The van der Waals surface area contributed by atoms with E-state index in [0.717, 1.165) is 0 Å². The second-order valence-electron chi connectivity index (χ2n) is 6.01. The molecule has 2 atom stereocenters. The van der Waals surface area contributed by atoms with E-state index in [2.05, 4.69) is 10.2 Å². The van der Waals surface area contributed by atoms with Gasteiger partial charge < -0.3 is 9.15 Å². The number of aromatic nitrogens is 2. The van der Waals surface area contributed by atoms with Crippen LogP contribution >= 0.6 is 23.2 Å². The quantitative estimate of drug-likeness (QED) is 0.332. The van der Waals surface area contributed by atoms with Crippen molar-refractivity contribution in [1.82, 2.24) is 10.2 Å². The van der Waals surface area contributed by atoms with Crippen molar-refractivity contribution >= 4 is 34.9 Å². The Labute approximate surface area is 152 Å². The molecule has 8 nitrogen and oxygen atoms in total. The van der Waals surface area contributed by atoms with Gasteiger partial charge >= 0.3 is 5.97 Å². The summed E-state index contributed by atoms with van der Waals surface area (Å²) in [4.78, 5) is 22.3. The average molecular weight is 386 g/mol. The minimum absolute atomic E-state index is 0.0471. The van der Waals surface area contributed by atoms with Crippen molar-refractivity contribution in [3.05, 3.63) is 40.3 Å². The number of benzene rings is 1. The van der Waals surface area contributed by atoms with Crippen molar-refractivity contribution in [3.8, 4) is 11.5 Å². The number of rotatable bonds is 5. The summed E-state index contributed by atoms with van der Waals surface area (Å²) >= 11 is 11.9. The molecule has 10 heteroatoms. The van der Waals surface area contributed by atoms with E-state index >= 15 is 0 Å². The molecule has 0 spiro atoms. The number of hydrogen-bond acceptors (Lipinski definition) is 7. The highest BCUT2D eigenvalue weighted by Gasteiger charge is 2.69. The Kier molecular flexibility index (Phi) is 4.20. The molecule has 0 bridgehead atoms. The van der Waals surface area contributed by atoms with Gasteiger partial charge in [0, 0.05) is 24.1 Å². The molecule has 1 aromatic heterocycles. The van der Waals surface area contributed by atoms with Crippen molar-refractivity contribution in [2.75, 3.05) is 0 Å². The zero-order chi connectivity index (χ0) is 18.4. The Morgan fingerprint density at radius 3 is 2.48 bits per heavy atom. The fourth-order valence-electron chi connectivity index (χ4n) is 2.20. The maximum absolute atomic E-state index is 12.2. The Balaban J connectivity index is 1.70. The van der Waals surface area contributed by atoms with Crippen LogP contribution in [0.25, 0.3) is 11.5 Å². The SMILES string of the molecule is C[C@@H](OC(=O)[C@]1(C)CC1(Cl)Cl)c1nnc(-c2ccc([N+](=O)[O-])cc2)o1. The van der Waals surface area contributed by atoms with Gasteiger partial charge in [0.1, 0.15) is 9.75 Å². The minimum Gasteiger partial charge on any atom is -0.452 e. The number of hydrogen-bond donors (Lipinski definition) is 0. The predicted molar refractivity (Wildman–Crippen MR) is 88.1 cm³/mol. The molecule has 1 fully saturated rings. The van der Waals surface area contributed by atoms with Gasteiger partial charge in [-0.15, -0.1) is 33.4 Å². The van der Waals surface area contributed by atoms with E-state index < -0.39 is 26.7 Å². The molecule has 0 radical (unpaired) electrons. The Hall–Kier alpha value is -2.19. The topological polar surface area (TPSA) is 108 Å². The average Bonchev–Trinajstić information content (AvgIpc) is 2.92. The maximum atomic E-state index is 12.2. The number of alkyl halides is 2. The van der Waals surface area contributed by atoms with Gasteiger partial charge in [0.2, 0.25) is 5.89 Å².